The van der Waals surface area contributed by atoms with Crippen molar-refractivity contribution >= 4 is 5.78 Å². The van der Waals surface area contributed by atoms with Gasteiger partial charge in [0.25, 0.3) is 0 Å². The number of allylic oxidation sites excluding steroid dienone is 4. The van der Waals surface area contributed by atoms with Crippen molar-refractivity contribution in [3.63, 3.8) is 0 Å². The average molecular weight is 455 g/mol. The maximum atomic E-state index is 12.9. The predicted molar refractivity (Wildman–Crippen MR) is 125 cm³/mol. The second-order valence-corrected chi connectivity index (χ2v) is 8.50. The molecule has 0 saturated heterocycles. The van der Waals surface area contributed by atoms with E-state index < -0.39 is 6.10 Å². The van der Waals surface area contributed by atoms with Crippen molar-refractivity contribution in [1.29, 1.82) is 0 Å². The third-order valence-corrected chi connectivity index (χ3v) is 5.66. The van der Waals surface area contributed by atoms with E-state index in [2.05, 4.69) is 6.08 Å². The van der Waals surface area contributed by atoms with Gasteiger partial charge in [0.05, 0.1) is 13.5 Å². The Morgan fingerprint density at radius 3 is 2.33 bits per heavy atom. The van der Waals surface area contributed by atoms with Crippen molar-refractivity contribution in [2.45, 2.75) is 52.6 Å². The maximum absolute atomic E-state index is 12.9. The topological polar surface area (TPSA) is 116 Å². The van der Waals surface area contributed by atoms with Crippen molar-refractivity contribution in [3.8, 4) is 34.5 Å². The molecule has 33 heavy (non-hydrogen) atoms. The van der Waals surface area contributed by atoms with E-state index in [1.54, 1.807) is 0 Å². The lowest BCUT2D eigenvalue weighted by Crippen LogP contribution is -2.21. The van der Waals surface area contributed by atoms with E-state index >= 15 is 0 Å². The number of phenols is 4. The summed E-state index contributed by atoms with van der Waals surface area (Å²) in [6.07, 6.45) is 5.23. The minimum Gasteiger partial charge on any atom is -0.507 e. The van der Waals surface area contributed by atoms with Crippen LogP contribution in [0.3, 0.4) is 0 Å². The highest BCUT2D eigenvalue weighted by Gasteiger charge is 2.33. The van der Waals surface area contributed by atoms with Crippen LogP contribution in [0.4, 0.5) is 0 Å². The zero-order chi connectivity index (χ0) is 24.3. The Bertz CT molecular complexity index is 1100. The first-order valence-electron chi connectivity index (χ1n) is 10.8. The number of rotatable bonds is 7. The van der Waals surface area contributed by atoms with Gasteiger partial charge in [-0.05, 0) is 52.2 Å². The molecule has 0 aromatic heterocycles. The number of fused-ring (bicyclic) bond motifs is 1. The minimum absolute atomic E-state index is 0.0246. The van der Waals surface area contributed by atoms with Crippen LogP contribution >= 0.6 is 0 Å². The Balaban J connectivity index is 1.86. The highest BCUT2D eigenvalue weighted by atomic mass is 16.5. The van der Waals surface area contributed by atoms with Crippen LogP contribution in [0.25, 0.3) is 0 Å². The van der Waals surface area contributed by atoms with Gasteiger partial charge in [-0.3, -0.25) is 4.79 Å². The van der Waals surface area contributed by atoms with Crippen molar-refractivity contribution in [1.82, 2.24) is 0 Å². The number of phenolic OH excluding ortho intramolecular Hbond substituents is 4. The number of carbonyl (C=O) groups is 1. The van der Waals surface area contributed by atoms with Crippen LogP contribution in [-0.4, -0.2) is 33.3 Å². The second kappa shape index (κ2) is 9.90. The van der Waals surface area contributed by atoms with Crippen LogP contribution in [0, 0.1) is 0 Å². The molecule has 1 atom stereocenters. The first-order chi connectivity index (χ1) is 15.6. The summed E-state index contributed by atoms with van der Waals surface area (Å²) in [5.41, 5.74) is 3.03. The largest absolute Gasteiger partial charge is 0.507 e. The third-order valence-electron chi connectivity index (χ3n) is 5.66. The molecule has 0 aliphatic carbocycles. The molecule has 0 amide bonds. The van der Waals surface area contributed by atoms with E-state index in [1.807, 2.05) is 26.8 Å². The standard InChI is InChI=1S/C26H30O7/c1-14(2)6-5-7-15(3)8-9-17-18(27)12-23-24(25(17)31)19(28)13-22(33-23)16-10-20(29)26(32-4)21(30)11-16/h6,8,10-12,22,27,29-31H,5,7,9,13H2,1-4H3/t22-/m0/s1. The van der Waals surface area contributed by atoms with Crippen molar-refractivity contribution in [2.75, 3.05) is 7.11 Å². The normalized spacial score (nSPS) is 15.6. The number of aromatic hydroxyl groups is 4. The molecule has 1 aliphatic rings. The summed E-state index contributed by atoms with van der Waals surface area (Å²) < 4.78 is 10.8. The van der Waals surface area contributed by atoms with Gasteiger partial charge in [0.15, 0.2) is 17.3 Å². The second-order valence-electron chi connectivity index (χ2n) is 8.50. The van der Waals surface area contributed by atoms with Gasteiger partial charge in [0.2, 0.25) is 5.75 Å². The van der Waals surface area contributed by atoms with E-state index in [-0.39, 0.29) is 64.2 Å². The van der Waals surface area contributed by atoms with Crippen LogP contribution in [0.5, 0.6) is 34.5 Å². The van der Waals surface area contributed by atoms with Gasteiger partial charge in [-0.25, -0.2) is 0 Å². The number of hydrogen-bond donors (Lipinski definition) is 4. The molecular weight excluding hydrogens is 424 g/mol. The van der Waals surface area contributed by atoms with Gasteiger partial charge < -0.3 is 29.9 Å². The SMILES string of the molecule is COc1c(O)cc([C@@H]2CC(=O)c3c(cc(O)c(CC=C(C)CCC=C(C)C)c3O)O2)cc1O. The number of Topliss-reactive ketones (excluding diaryl/α,β-unsaturated/α-hetero) is 1. The molecule has 2 aromatic rings. The monoisotopic (exact) mass is 454 g/mol. The van der Waals surface area contributed by atoms with Gasteiger partial charge >= 0.3 is 0 Å². The van der Waals surface area contributed by atoms with E-state index in [1.165, 1.54) is 30.9 Å². The zero-order valence-electron chi connectivity index (χ0n) is 19.3. The lowest BCUT2D eigenvalue weighted by molar-refractivity contribution is 0.0843. The quantitative estimate of drug-likeness (QED) is 0.411. The summed E-state index contributed by atoms with van der Waals surface area (Å²) in [6.45, 7) is 6.09. The van der Waals surface area contributed by atoms with Gasteiger partial charge in [0, 0.05) is 17.2 Å². The average Bonchev–Trinajstić information content (AvgIpc) is 2.72. The van der Waals surface area contributed by atoms with E-state index in [0.717, 1.165) is 18.4 Å². The van der Waals surface area contributed by atoms with Gasteiger partial charge in [-0.2, -0.15) is 0 Å². The molecule has 3 rings (SSSR count). The fraction of sp³-hybridized carbons (Fsp3) is 0.346. The van der Waals surface area contributed by atoms with E-state index in [9.17, 15) is 25.2 Å². The van der Waals surface area contributed by atoms with Crippen LogP contribution in [-0.2, 0) is 6.42 Å². The highest BCUT2D eigenvalue weighted by Crippen LogP contribution is 2.46. The molecule has 1 aliphatic heterocycles. The van der Waals surface area contributed by atoms with Crippen molar-refractivity contribution in [2.24, 2.45) is 0 Å². The molecule has 7 heteroatoms. The van der Waals surface area contributed by atoms with Crippen LogP contribution in [0.2, 0.25) is 0 Å². The smallest absolute Gasteiger partial charge is 0.202 e. The highest BCUT2D eigenvalue weighted by molar-refractivity contribution is 6.03. The zero-order valence-corrected chi connectivity index (χ0v) is 19.3. The molecule has 0 bridgehead atoms. The first kappa shape index (κ1) is 24.0. The number of benzene rings is 2. The number of ether oxygens (including phenoxy) is 2. The van der Waals surface area contributed by atoms with Crippen LogP contribution in [0.15, 0.2) is 41.5 Å². The summed E-state index contributed by atoms with van der Waals surface area (Å²) in [5, 5.41) is 41.4. The number of ketones is 1. The Morgan fingerprint density at radius 1 is 1.06 bits per heavy atom. The Hall–Kier alpha value is -3.61. The fourth-order valence-corrected chi connectivity index (χ4v) is 3.87. The molecule has 0 spiro atoms. The number of hydrogen-bond acceptors (Lipinski definition) is 7. The molecule has 0 saturated carbocycles. The summed E-state index contributed by atoms with van der Waals surface area (Å²) in [6, 6.07) is 4.01. The summed E-state index contributed by atoms with van der Waals surface area (Å²) in [4.78, 5) is 12.9. The molecule has 7 nitrogen and oxygen atoms in total. The van der Waals surface area contributed by atoms with Gasteiger partial charge in [-0.1, -0.05) is 23.3 Å². The Labute approximate surface area is 193 Å². The molecule has 0 fully saturated rings. The molecule has 0 radical (unpaired) electrons. The van der Waals surface area contributed by atoms with Crippen LogP contribution in [0.1, 0.15) is 67.6 Å². The molecule has 4 N–H and O–H groups in total. The van der Waals surface area contributed by atoms with Crippen molar-refractivity contribution in [3.05, 3.63) is 58.2 Å². The fourth-order valence-electron chi connectivity index (χ4n) is 3.87. The van der Waals surface area contributed by atoms with Crippen LogP contribution < -0.4 is 9.47 Å². The predicted octanol–water partition coefficient (Wildman–Crippen LogP) is 5.46. The summed E-state index contributed by atoms with van der Waals surface area (Å²) in [5.74, 6) is -1.43. The van der Waals surface area contributed by atoms with Gasteiger partial charge in [-0.15, -0.1) is 0 Å². The molecule has 0 unspecified atom stereocenters. The Kier molecular flexibility index (Phi) is 7.21. The molecule has 1 heterocycles. The number of methoxy groups -OCH3 is 1. The minimum atomic E-state index is -0.811. The lowest BCUT2D eigenvalue weighted by Gasteiger charge is -2.27. The van der Waals surface area contributed by atoms with Gasteiger partial charge in [0.1, 0.15) is 28.9 Å². The number of carbonyl (C=O) groups excluding carboxylic acids is 1. The molecule has 176 valence electrons. The third kappa shape index (κ3) is 5.25. The lowest BCUT2D eigenvalue weighted by atomic mass is 9.92. The first-order valence-corrected chi connectivity index (χ1v) is 10.8. The van der Waals surface area contributed by atoms with Crippen molar-refractivity contribution < 1.29 is 34.7 Å². The Morgan fingerprint density at radius 2 is 1.73 bits per heavy atom. The maximum Gasteiger partial charge on any atom is 0.202 e. The van der Waals surface area contributed by atoms with E-state index in [4.69, 9.17) is 9.47 Å². The molecule has 2 aromatic carbocycles. The summed E-state index contributed by atoms with van der Waals surface area (Å²) >= 11 is 0. The molecular formula is C26H30O7. The van der Waals surface area contributed by atoms with E-state index in [0.29, 0.717) is 5.56 Å². The summed E-state index contributed by atoms with van der Waals surface area (Å²) in [7, 11) is 1.31.